The van der Waals surface area contributed by atoms with Crippen LogP contribution in [0.2, 0.25) is 5.02 Å². The van der Waals surface area contributed by atoms with Crippen molar-refractivity contribution in [3.05, 3.63) is 59.2 Å². The SMILES string of the molecule is Cc1ccc(Nc2cc(-c3ccccn3)nc(NC(C)C)n2)cc1Cl. The van der Waals surface area contributed by atoms with Gasteiger partial charge in [-0.2, -0.15) is 4.98 Å². The van der Waals surface area contributed by atoms with Crippen molar-refractivity contribution < 1.29 is 0 Å². The smallest absolute Gasteiger partial charge is 0.225 e. The zero-order valence-electron chi connectivity index (χ0n) is 14.4. The number of aromatic nitrogens is 3. The summed E-state index contributed by atoms with van der Waals surface area (Å²) in [4.78, 5) is 13.5. The van der Waals surface area contributed by atoms with Gasteiger partial charge in [-0.05, 0) is 50.6 Å². The van der Waals surface area contributed by atoms with Gasteiger partial charge >= 0.3 is 0 Å². The van der Waals surface area contributed by atoms with E-state index in [1.165, 1.54) is 0 Å². The molecule has 0 unspecified atom stereocenters. The van der Waals surface area contributed by atoms with E-state index in [2.05, 4.69) is 25.6 Å². The fourth-order valence-corrected chi connectivity index (χ4v) is 2.48. The summed E-state index contributed by atoms with van der Waals surface area (Å²) in [7, 11) is 0. The van der Waals surface area contributed by atoms with Crippen LogP contribution < -0.4 is 10.6 Å². The van der Waals surface area contributed by atoms with Crippen molar-refractivity contribution in [3.63, 3.8) is 0 Å². The van der Waals surface area contributed by atoms with Crippen LogP contribution in [0.15, 0.2) is 48.7 Å². The van der Waals surface area contributed by atoms with Gasteiger partial charge in [0.25, 0.3) is 0 Å². The van der Waals surface area contributed by atoms with E-state index in [0.717, 1.165) is 22.6 Å². The van der Waals surface area contributed by atoms with Gasteiger partial charge in [0.2, 0.25) is 5.95 Å². The number of nitrogens with one attached hydrogen (secondary N) is 2. The number of rotatable bonds is 5. The van der Waals surface area contributed by atoms with E-state index in [1.807, 2.05) is 63.2 Å². The largest absolute Gasteiger partial charge is 0.352 e. The summed E-state index contributed by atoms with van der Waals surface area (Å²) in [5.74, 6) is 1.23. The van der Waals surface area contributed by atoms with Crippen molar-refractivity contribution in [2.75, 3.05) is 10.6 Å². The number of nitrogens with zero attached hydrogens (tertiary/aromatic N) is 3. The molecule has 0 radical (unpaired) electrons. The third-order valence-electron chi connectivity index (χ3n) is 3.52. The summed E-state index contributed by atoms with van der Waals surface area (Å²) in [5.41, 5.74) is 3.45. The molecule has 6 heteroatoms. The molecule has 0 fully saturated rings. The van der Waals surface area contributed by atoms with Crippen LogP contribution in [0.25, 0.3) is 11.4 Å². The van der Waals surface area contributed by atoms with Gasteiger partial charge in [-0.3, -0.25) is 4.98 Å². The molecule has 0 aliphatic carbocycles. The molecule has 0 saturated carbocycles. The minimum absolute atomic E-state index is 0.223. The van der Waals surface area contributed by atoms with Crippen LogP contribution in [-0.4, -0.2) is 21.0 Å². The van der Waals surface area contributed by atoms with Gasteiger partial charge in [0.1, 0.15) is 5.82 Å². The first-order valence-corrected chi connectivity index (χ1v) is 8.49. The van der Waals surface area contributed by atoms with Gasteiger partial charge in [0.15, 0.2) is 0 Å². The Bertz CT molecular complexity index is 865. The lowest BCUT2D eigenvalue weighted by molar-refractivity contribution is 0.875. The summed E-state index contributed by atoms with van der Waals surface area (Å²) in [6.07, 6.45) is 1.75. The highest BCUT2D eigenvalue weighted by Gasteiger charge is 2.09. The molecule has 2 aromatic heterocycles. The summed E-state index contributed by atoms with van der Waals surface area (Å²) < 4.78 is 0. The van der Waals surface area contributed by atoms with Crippen molar-refractivity contribution in [1.29, 1.82) is 0 Å². The van der Waals surface area contributed by atoms with Crippen molar-refractivity contribution >= 4 is 29.1 Å². The first-order chi connectivity index (χ1) is 12.0. The molecule has 0 aliphatic rings. The maximum absolute atomic E-state index is 6.21. The zero-order valence-corrected chi connectivity index (χ0v) is 15.2. The Morgan fingerprint density at radius 1 is 1.00 bits per heavy atom. The second kappa shape index (κ2) is 7.49. The fourth-order valence-electron chi connectivity index (χ4n) is 2.30. The minimum Gasteiger partial charge on any atom is -0.352 e. The topological polar surface area (TPSA) is 62.7 Å². The molecule has 3 rings (SSSR count). The van der Waals surface area contributed by atoms with Gasteiger partial charge in [0.05, 0.1) is 11.4 Å². The van der Waals surface area contributed by atoms with Crippen LogP contribution in [-0.2, 0) is 0 Å². The van der Waals surface area contributed by atoms with E-state index < -0.39 is 0 Å². The summed E-state index contributed by atoms with van der Waals surface area (Å²) in [5, 5.41) is 7.25. The van der Waals surface area contributed by atoms with Crippen molar-refractivity contribution in [3.8, 4) is 11.4 Å². The Balaban J connectivity index is 1.98. The second-order valence-corrected chi connectivity index (χ2v) is 6.47. The quantitative estimate of drug-likeness (QED) is 0.671. The highest BCUT2D eigenvalue weighted by atomic mass is 35.5. The molecule has 0 saturated heterocycles. The Labute approximate surface area is 152 Å². The molecule has 128 valence electrons. The molecule has 25 heavy (non-hydrogen) atoms. The van der Waals surface area contributed by atoms with E-state index >= 15 is 0 Å². The highest BCUT2D eigenvalue weighted by Crippen LogP contribution is 2.25. The molecule has 3 aromatic rings. The molecule has 2 N–H and O–H groups in total. The molecule has 0 atom stereocenters. The monoisotopic (exact) mass is 353 g/mol. The number of hydrogen-bond acceptors (Lipinski definition) is 5. The van der Waals surface area contributed by atoms with Crippen LogP contribution in [0.4, 0.5) is 17.5 Å². The summed E-state index contributed by atoms with van der Waals surface area (Å²) in [6, 6.07) is 13.7. The molecule has 0 aliphatic heterocycles. The number of anilines is 3. The normalized spacial score (nSPS) is 10.8. The molecule has 2 heterocycles. The molecular formula is C19H20ClN5. The molecule has 1 aromatic carbocycles. The first-order valence-electron chi connectivity index (χ1n) is 8.11. The lowest BCUT2D eigenvalue weighted by atomic mass is 10.2. The second-order valence-electron chi connectivity index (χ2n) is 6.07. The van der Waals surface area contributed by atoms with E-state index in [0.29, 0.717) is 16.8 Å². The maximum Gasteiger partial charge on any atom is 0.225 e. The van der Waals surface area contributed by atoms with Crippen LogP contribution in [0.1, 0.15) is 19.4 Å². The number of aryl methyl sites for hydroxylation is 1. The predicted octanol–water partition coefficient (Wildman–Crippen LogP) is 5.06. The van der Waals surface area contributed by atoms with Crippen LogP contribution in [0.3, 0.4) is 0 Å². The summed E-state index contributed by atoms with van der Waals surface area (Å²) in [6.45, 7) is 6.06. The lowest BCUT2D eigenvalue weighted by Gasteiger charge is -2.13. The van der Waals surface area contributed by atoms with E-state index in [9.17, 15) is 0 Å². The predicted molar refractivity (Wildman–Crippen MR) is 103 cm³/mol. The molecular weight excluding hydrogens is 334 g/mol. The average molecular weight is 354 g/mol. The Hall–Kier alpha value is -2.66. The number of hydrogen-bond donors (Lipinski definition) is 2. The zero-order chi connectivity index (χ0) is 17.8. The van der Waals surface area contributed by atoms with Gasteiger partial charge in [0, 0.05) is 29.0 Å². The van der Waals surface area contributed by atoms with E-state index in [1.54, 1.807) is 6.20 Å². The van der Waals surface area contributed by atoms with Crippen LogP contribution >= 0.6 is 11.6 Å². The Morgan fingerprint density at radius 2 is 1.84 bits per heavy atom. The number of pyridine rings is 1. The van der Waals surface area contributed by atoms with E-state index in [4.69, 9.17) is 11.6 Å². The van der Waals surface area contributed by atoms with Gasteiger partial charge in [-0.1, -0.05) is 23.7 Å². The molecule has 0 amide bonds. The number of benzene rings is 1. The summed E-state index contributed by atoms with van der Waals surface area (Å²) >= 11 is 6.21. The molecule has 0 bridgehead atoms. The molecule has 0 spiro atoms. The van der Waals surface area contributed by atoms with Gasteiger partial charge in [-0.25, -0.2) is 4.98 Å². The third kappa shape index (κ3) is 4.45. The van der Waals surface area contributed by atoms with Crippen molar-refractivity contribution in [2.24, 2.45) is 0 Å². The number of halogens is 1. The van der Waals surface area contributed by atoms with Gasteiger partial charge in [-0.15, -0.1) is 0 Å². The molecule has 5 nitrogen and oxygen atoms in total. The Kier molecular flexibility index (Phi) is 5.14. The van der Waals surface area contributed by atoms with Gasteiger partial charge < -0.3 is 10.6 Å². The fraction of sp³-hybridized carbons (Fsp3) is 0.211. The van der Waals surface area contributed by atoms with Crippen LogP contribution in [0.5, 0.6) is 0 Å². The minimum atomic E-state index is 0.223. The van der Waals surface area contributed by atoms with Crippen molar-refractivity contribution in [2.45, 2.75) is 26.8 Å². The third-order valence-corrected chi connectivity index (χ3v) is 3.92. The lowest BCUT2D eigenvalue weighted by Crippen LogP contribution is -2.13. The standard InChI is InChI=1S/C19H20ClN5/c1-12(2)22-19-24-17(16-6-4-5-9-21-16)11-18(25-19)23-14-8-7-13(3)15(20)10-14/h4-12H,1-3H3,(H2,22,23,24,25). The first kappa shape index (κ1) is 17.2. The highest BCUT2D eigenvalue weighted by molar-refractivity contribution is 6.31. The van der Waals surface area contributed by atoms with Crippen LogP contribution in [0, 0.1) is 6.92 Å². The van der Waals surface area contributed by atoms with Crippen molar-refractivity contribution in [1.82, 2.24) is 15.0 Å². The average Bonchev–Trinajstić information content (AvgIpc) is 2.58. The Morgan fingerprint density at radius 3 is 2.52 bits per heavy atom. The maximum atomic E-state index is 6.21. The van der Waals surface area contributed by atoms with E-state index in [-0.39, 0.29) is 6.04 Å².